The smallest absolute Gasteiger partial charge is 0.449 e. The predicted octanol–water partition coefficient (Wildman–Crippen LogP) is 5.82. The van der Waals surface area contributed by atoms with Crippen molar-refractivity contribution in [1.29, 1.82) is 0 Å². The summed E-state index contributed by atoms with van der Waals surface area (Å²) in [6.45, 7) is 1.90. The van der Waals surface area contributed by atoms with Crippen LogP contribution in [0.1, 0.15) is 15.9 Å². The maximum atomic E-state index is 12.9. The second-order valence-electron chi connectivity index (χ2n) is 5.85. The summed E-state index contributed by atoms with van der Waals surface area (Å²) in [5.41, 5.74) is 2.77. The lowest BCUT2D eigenvalue weighted by Gasteiger charge is -2.17. The molecule has 0 aliphatic carbocycles. The number of anilines is 1. The van der Waals surface area contributed by atoms with Crippen molar-refractivity contribution in [2.75, 3.05) is 11.9 Å². The Morgan fingerprint density at radius 1 is 1.11 bits per heavy atom. The van der Waals surface area contributed by atoms with Gasteiger partial charge in [0.1, 0.15) is 0 Å². The number of halogens is 1. The molecule has 0 spiro atoms. The highest BCUT2D eigenvalue weighted by Crippen LogP contribution is 2.43. The van der Waals surface area contributed by atoms with E-state index in [1.54, 1.807) is 25.2 Å². The van der Waals surface area contributed by atoms with E-state index in [1.165, 1.54) is 16.2 Å². The van der Waals surface area contributed by atoms with E-state index in [4.69, 9.17) is 9.84 Å². The van der Waals surface area contributed by atoms with Crippen LogP contribution in [-0.4, -0.2) is 24.2 Å². The number of aryl methyl sites for hydroxylation is 1. The molecule has 1 aromatic heterocycles. The average Bonchev–Trinajstić information content (AvgIpc) is 3.06. The number of ether oxygens (including phenoxy) is 1. The molecule has 0 radical (unpaired) electrons. The minimum absolute atomic E-state index is 0.158. The van der Waals surface area contributed by atoms with Crippen LogP contribution in [0.5, 0.6) is 5.06 Å². The summed E-state index contributed by atoms with van der Waals surface area (Å²) in [6, 6.07) is 16.6. The van der Waals surface area contributed by atoms with Crippen LogP contribution in [0.3, 0.4) is 0 Å². The minimum atomic E-state index is -1.42. The molecule has 0 saturated heterocycles. The van der Waals surface area contributed by atoms with Gasteiger partial charge in [-0.3, -0.25) is 4.79 Å². The highest BCUT2D eigenvalue weighted by atomic mass is 79.9. The number of carbonyl (C=O) groups is 2. The number of nitrogens with zero attached hydrogens (tertiary/aromatic N) is 1. The van der Waals surface area contributed by atoms with Crippen molar-refractivity contribution in [2.24, 2.45) is 0 Å². The number of hydrogen-bond acceptors (Lipinski definition) is 4. The summed E-state index contributed by atoms with van der Waals surface area (Å²) >= 11 is 4.60. The number of amides is 1. The molecule has 1 heterocycles. The van der Waals surface area contributed by atoms with Gasteiger partial charge in [0.05, 0.1) is 5.69 Å². The zero-order chi connectivity index (χ0) is 19.6. The Morgan fingerprint density at radius 2 is 1.81 bits per heavy atom. The second-order valence-corrected chi connectivity index (χ2v) is 7.71. The number of thiophene rings is 1. The Balaban J connectivity index is 2.00. The van der Waals surface area contributed by atoms with E-state index in [1.807, 2.05) is 43.3 Å². The summed E-state index contributed by atoms with van der Waals surface area (Å²) in [6.07, 6.45) is -1.42. The van der Waals surface area contributed by atoms with E-state index < -0.39 is 6.16 Å². The van der Waals surface area contributed by atoms with Crippen LogP contribution in [0.15, 0.2) is 59.1 Å². The summed E-state index contributed by atoms with van der Waals surface area (Å²) in [5, 5.41) is 9.21. The van der Waals surface area contributed by atoms with Crippen LogP contribution in [0.25, 0.3) is 10.4 Å². The van der Waals surface area contributed by atoms with Crippen LogP contribution in [-0.2, 0) is 0 Å². The fourth-order valence-electron chi connectivity index (χ4n) is 2.58. The van der Waals surface area contributed by atoms with Gasteiger partial charge in [0.2, 0.25) is 5.06 Å². The molecule has 7 heteroatoms. The van der Waals surface area contributed by atoms with Gasteiger partial charge in [0, 0.05) is 22.0 Å². The normalized spacial score (nSPS) is 10.5. The van der Waals surface area contributed by atoms with Crippen molar-refractivity contribution in [2.45, 2.75) is 6.92 Å². The molecule has 0 aliphatic rings. The van der Waals surface area contributed by atoms with Gasteiger partial charge in [-0.15, -0.1) is 0 Å². The molecule has 3 rings (SSSR count). The lowest BCUT2D eigenvalue weighted by atomic mass is 10.1. The van der Waals surface area contributed by atoms with Crippen molar-refractivity contribution in [3.05, 3.63) is 70.2 Å². The standard InChI is InChI=1S/C20H16BrNO4S/c1-12-10-14(8-9-15(12)21)18(23)22(2)16-11-17(13-6-4-3-5-7-13)27-19(16)26-20(24)25/h3-11H,1-2H3,(H,24,25). The lowest BCUT2D eigenvalue weighted by Crippen LogP contribution is -2.26. The van der Waals surface area contributed by atoms with Crippen molar-refractivity contribution in [3.8, 4) is 15.5 Å². The molecule has 1 amide bonds. The Morgan fingerprint density at radius 3 is 2.44 bits per heavy atom. The molecule has 3 aromatic rings. The van der Waals surface area contributed by atoms with Gasteiger partial charge in [0.25, 0.3) is 5.91 Å². The van der Waals surface area contributed by atoms with Gasteiger partial charge >= 0.3 is 6.16 Å². The van der Waals surface area contributed by atoms with Crippen LogP contribution in [0, 0.1) is 6.92 Å². The van der Waals surface area contributed by atoms with Gasteiger partial charge in [-0.2, -0.15) is 0 Å². The first-order chi connectivity index (χ1) is 12.9. The number of benzene rings is 2. The topological polar surface area (TPSA) is 66.8 Å². The Hall–Kier alpha value is -2.64. The van der Waals surface area contributed by atoms with E-state index in [0.29, 0.717) is 11.3 Å². The van der Waals surface area contributed by atoms with Crippen LogP contribution in [0.2, 0.25) is 0 Å². The maximum Gasteiger partial charge on any atom is 0.512 e. The molecule has 5 nitrogen and oxygen atoms in total. The van der Waals surface area contributed by atoms with Gasteiger partial charge in [-0.05, 0) is 42.3 Å². The zero-order valence-electron chi connectivity index (χ0n) is 14.6. The monoisotopic (exact) mass is 445 g/mol. The lowest BCUT2D eigenvalue weighted by molar-refractivity contribution is 0.0991. The third-order valence-electron chi connectivity index (χ3n) is 3.99. The molecule has 0 aliphatic heterocycles. The average molecular weight is 446 g/mol. The number of rotatable bonds is 4. The van der Waals surface area contributed by atoms with Crippen molar-refractivity contribution < 1.29 is 19.4 Å². The van der Waals surface area contributed by atoms with Crippen molar-refractivity contribution >= 4 is 45.0 Å². The minimum Gasteiger partial charge on any atom is -0.449 e. The van der Waals surface area contributed by atoms with Gasteiger partial charge < -0.3 is 14.7 Å². The summed E-state index contributed by atoms with van der Waals surface area (Å²) in [7, 11) is 1.60. The third-order valence-corrected chi connectivity index (χ3v) is 5.93. The molecule has 0 atom stereocenters. The molecule has 27 heavy (non-hydrogen) atoms. The predicted molar refractivity (Wildman–Crippen MR) is 110 cm³/mol. The molecule has 2 aromatic carbocycles. The number of carboxylic acid groups (broad SMARTS) is 1. The Labute approximate surface area is 169 Å². The molecule has 0 saturated carbocycles. The second kappa shape index (κ2) is 7.94. The molecule has 0 unspecified atom stereocenters. The third kappa shape index (κ3) is 4.20. The largest absolute Gasteiger partial charge is 0.512 e. The van der Waals surface area contributed by atoms with Gasteiger partial charge in [-0.25, -0.2) is 4.79 Å². The van der Waals surface area contributed by atoms with Crippen LogP contribution in [0.4, 0.5) is 10.5 Å². The van der Waals surface area contributed by atoms with Crippen molar-refractivity contribution in [1.82, 2.24) is 0 Å². The highest BCUT2D eigenvalue weighted by molar-refractivity contribution is 9.10. The molecule has 0 bridgehead atoms. The molecular weight excluding hydrogens is 430 g/mol. The first kappa shape index (κ1) is 19.1. The number of hydrogen-bond donors (Lipinski definition) is 1. The Bertz CT molecular complexity index is 1000. The molecule has 1 N–H and O–H groups in total. The van der Waals surface area contributed by atoms with Crippen LogP contribution < -0.4 is 9.64 Å². The zero-order valence-corrected chi connectivity index (χ0v) is 17.0. The summed E-state index contributed by atoms with van der Waals surface area (Å²) in [5.74, 6) is -0.252. The summed E-state index contributed by atoms with van der Waals surface area (Å²) < 4.78 is 5.85. The van der Waals surface area contributed by atoms with Crippen molar-refractivity contribution in [3.63, 3.8) is 0 Å². The van der Waals surface area contributed by atoms with E-state index in [-0.39, 0.29) is 11.0 Å². The first-order valence-electron chi connectivity index (χ1n) is 8.01. The van der Waals surface area contributed by atoms with E-state index >= 15 is 0 Å². The first-order valence-corrected chi connectivity index (χ1v) is 9.62. The molecule has 0 fully saturated rings. The fraction of sp³-hybridized carbons (Fsp3) is 0.100. The van der Waals surface area contributed by atoms with Gasteiger partial charge in [0.15, 0.2) is 0 Å². The number of carbonyl (C=O) groups excluding carboxylic acids is 1. The van der Waals surface area contributed by atoms with E-state index in [0.717, 1.165) is 20.5 Å². The molecular formula is C20H16BrNO4S. The SMILES string of the molecule is Cc1cc(C(=O)N(C)c2cc(-c3ccccc3)sc2OC(=O)O)ccc1Br. The fourth-order valence-corrected chi connectivity index (χ4v) is 3.86. The quantitative estimate of drug-likeness (QED) is 0.513. The molecule has 138 valence electrons. The van der Waals surface area contributed by atoms with Gasteiger partial charge in [-0.1, -0.05) is 57.6 Å². The maximum absolute atomic E-state index is 12.9. The van der Waals surface area contributed by atoms with E-state index in [2.05, 4.69) is 15.9 Å². The highest BCUT2D eigenvalue weighted by Gasteiger charge is 2.23. The van der Waals surface area contributed by atoms with E-state index in [9.17, 15) is 9.59 Å². The summed E-state index contributed by atoms with van der Waals surface area (Å²) in [4.78, 5) is 26.2. The van der Waals surface area contributed by atoms with Crippen LogP contribution >= 0.6 is 27.3 Å². The Kier molecular flexibility index (Phi) is 5.62.